The molecule has 1 amide bonds. The van der Waals surface area contributed by atoms with E-state index >= 15 is 0 Å². The highest BCUT2D eigenvalue weighted by Crippen LogP contribution is 2.40. The molecule has 1 saturated heterocycles. The van der Waals surface area contributed by atoms with Crippen LogP contribution < -0.4 is 5.73 Å². The van der Waals surface area contributed by atoms with Crippen LogP contribution in [0.4, 0.5) is 0 Å². The van der Waals surface area contributed by atoms with Crippen LogP contribution in [0.5, 0.6) is 0 Å². The number of fused-ring (bicyclic) bond motifs is 2. The molecule has 0 bridgehead atoms. The fourth-order valence-corrected chi connectivity index (χ4v) is 5.40. The minimum Gasteiger partial charge on any atom is -0.342 e. The Bertz CT molecular complexity index is 963. The third-order valence-electron chi connectivity index (χ3n) is 5.77. The number of halogens is 1. The van der Waals surface area contributed by atoms with E-state index in [4.69, 9.17) is 22.3 Å². The molecular formula is C23H26ClN3OS. The van der Waals surface area contributed by atoms with Gasteiger partial charge in [0.2, 0.25) is 5.91 Å². The van der Waals surface area contributed by atoms with Crippen LogP contribution in [0.3, 0.4) is 0 Å². The number of aryl methyl sites for hydroxylation is 1. The van der Waals surface area contributed by atoms with Gasteiger partial charge >= 0.3 is 0 Å². The fraction of sp³-hybridized carbons (Fsp3) is 0.391. The van der Waals surface area contributed by atoms with Crippen LogP contribution >= 0.6 is 23.4 Å². The zero-order valence-electron chi connectivity index (χ0n) is 16.7. The number of amides is 1. The number of carbonyl (C=O) groups excluding carboxylic acids is 1. The van der Waals surface area contributed by atoms with Gasteiger partial charge in [-0.3, -0.25) is 9.78 Å². The Hall–Kier alpha value is -1.82. The number of thioether (sulfide) groups is 1. The molecule has 2 aliphatic rings. The van der Waals surface area contributed by atoms with Crippen molar-refractivity contribution in [2.45, 2.75) is 37.5 Å². The van der Waals surface area contributed by atoms with E-state index in [0.717, 1.165) is 55.2 Å². The first-order valence-electron chi connectivity index (χ1n) is 10.2. The van der Waals surface area contributed by atoms with Crippen molar-refractivity contribution < 1.29 is 4.79 Å². The van der Waals surface area contributed by atoms with Crippen molar-refractivity contribution in [2.75, 3.05) is 25.4 Å². The van der Waals surface area contributed by atoms with Crippen molar-refractivity contribution in [2.24, 2.45) is 5.73 Å². The molecule has 1 aromatic carbocycles. The average Bonchev–Trinajstić information content (AvgIpc) is 2.89. The van der Waals surface area contributed by atoms with E-state index in [1.165, 1.54) is 32.7 Å². The molecule has 2 N–H and O–H groups in total. The topological polar surface area (TPSA) is 59.2 Å². The van der Waals surface area contributed by atoms with E-state index in [-0.39, 0.29) is 5.91 Å². The number of hydrogen-bond acceptors (Lipinski definition) is 4. The summed E-state index contributed by atoms with van der Waals surface area (Å²) in [7, 11) is 0. The van der Waals surface area contributed by atoms with Crippen molar-refractivity contribution in [1.82, 2.24) is 9.88 Å². The molecule has 6 heteroatoms. The Morgan fingerprint density at radius 2 is 2.00 bits per heavy atom. The molecule has 1 aliphatic heterocycles. The molecule has 0 radical (unpaired) electrons. The lowest BCUT2D eigenvalue weighted by Gasteiger charge is -2.29. The first-order valence-corrected chi connectivity index (χ1v) is 11.5. The third kappa shape index (κ3) is 4.23. The number of carbonyl (C=O) groups is 1. The lowest BCUT2D eigenvalue weighted by Crippen LogP contribution is -2.34. The average molecular weight is 428 g/mol. The molecule has 152 valence electrons. The fourth-order valence-electron chi connectivity index (χ4n) is 4.34. The van der Waals surface area contributed by atoms with Crippen molar-refractivity contribution >= 4 is 34.8 Å². The quantitative estimate of drug-likeness (QED) is 0.740. The number of hydrogen-bond donors (Lipinski definition) is 1. The number of likely N-dealkylation sites (tertiary alicyclic amines) is 1. The van der Waals surface area contributed by atoms with Gasteiger partial charge < -0.3 is 10.6 Å². The van der Waals surface area contributed by atoms with Crippen LogP contribution in [-0.4, -0.2) is 41.2 Å². The maximum atomic E-state index is 11.8. The van der Waals surface area contributed by atoms with Gasteiger partial charge in [-0.1, -0.05) is 23.2 Å². The van der Waals surface area contributed by atoms with Crippen LogP contribution in [0.1, 0.15) is 42.1 Å². The summed E-state index contributed by atoms with van der Waals surface area (Å²) >= 11 is 8.15. The van der Waals surface area contributed by atoms with Gasteiger partial charge in [-0.05, 0) is 60.6 Å². The third-order valence-corrected chi connectivity index (χ3v) is 7.14. The summed E-state index contributed by atoms with van der Waals surface area (Å²) in [5.74, 6) is 1.05. The molecule has 2 heterocycles. The predicted molar refractivity (Wildman–Crippen MR) is 120 cm³/mol. The first-order chi connectivity index (χ1) is 14.1. The summed E-state index contributed by atoms with van der Waals surface area (Å²) in [6.45, 7) is 3.85. The van der Waals surface area contributed by atoms with Crippen LogP contribution in [0.15, 0.2) is 40.9 Å². The smallest absolute Gasteiger partial charge is 0.219 e. The normalized spacial score (nSPS) is 16.3. The van der Waals surface area contributed by atoms with Gasteiger partial charge in [-0.2, -0.15) is 0 Å². The first kappa shape index (κ1) is 20.5. The van der Waals surface area contributed by atoms with E-state index in [9.17, 15) is 4.79 Å². The minimum atomic E-state index is 0.154. The Morgan fingerprint density at radius 3 is 2.72 bits per heavy atom. The van der Waals surface area contributed by atoms with E-state index in [0.29, 0.717) is 6.54 Å². The standard InChI is InChI=1S/C23H26ClN3OS/c1-15(28)27-11-7-16(8-12-27)22-19-5-3-18(24)14-17(19)2-4-20-21(29-13-9-25)6-10-26-23(20)22/h3,5-6,10,14H,2,4,7-9,11-13,25H2,1H3. The van der Waals surface area contributed by atoms with E-state index in [1.807, 2.05) is 28.9 Å². The Labute approximate surface area is 181 Å². The molecule has 29 heavy (non-hydrogen) atoms. The Kier molecular flexibility index (Phi) is 6.28. The van der Waals surface area contributed by atoms with Crippen LogP contribution in [0.2, 0.25) is 5.02 Å². The number of piperidine rings is 1. The van der Waals surface area contributed by atoms with Gasteiger partial charge in [0.05, 0.1) is 5.69 Å². The number of rotatable bonds is 3. The molecule has 0 unspecified atom stereocenters. The summed E-state index contributed by atoms with van der Waals surface area (Å²) in [6.07, 6.45) is 5.58. The van der Waals surface area contributed by atoms with E-state index < -0.39 is 0 Å². The number of pyridine rings is 1. The molecule has 0 saturated carbocycles. The van der Waals surface area contributed by atoms with Gasteiger partial charge in [0, 0.05) is 54.0 Å². The highest BCUT2D eigenvalue weighted by molar-refractivity contribution is 7.99. The van der Waals surface area contributed by atoms with Crippen molar-refractivity contribution in [3.63, 3.8) is 0 Å². The van der Waals surface area contributed by atoms with Crippen LogP contribution in [0.25, 0.3) is 5.57 Å². The summed E-state index contributed by atoms with van der Waals surface area (Å²) in [6, 6.07) is 8.33. The SMILES string of the molecule is CC(=O)N1CCC(=C2c3ccc(Cl)cc3CCc3c(SCCN)ccnc32)CC1. The summed E-state index contributed by atoms with van der Waals surface area (Å²) in [4.78, 5) is 19.9. The minimum absolute atomic E-state index is 0.154. The Morgan fingerprint density at radius 1 is 1.21 bits per heavy atom. The maximum absolute atomic E-state index is 11.8. The summed E-state index contributed by atoms with van der Waals surface area (Å²) in [5, 5.41) is 0.774. The van der Waals surface area contributed by atoms with Crippen molar-refractivity contribution in [1.29, 1.82) is 0 Å². The molecule has 0 spiro atoms. The van der Waals surface area contributed by atoms with Gasteiger partial charge in [0.15, 0.2) is 0 Å². The summed E-state index contributed by atoms with van der Waals surface area (Å²) < 4.78 is 0. The van der Waals surface area contributed by atoms with Crippen LogP contribution in [0, 0.1) is 0 Å². The second-order valence-corrected chi connectivity index (χ2v) is 9.13. The number of nitrogens with zero attached hydrogens (tertiary/aromatic N) is 2. The highest BCUT2D eigenvalue weighted by atomic mass is 35.5. The molecule has 4 nitrogen and oxygen atoms in total. The zero-order valence-corrected chi connectivity index (χ0v) is 18.3. The molecule has 2 aromatic rings. The summed E-state index contributed by atoms with van der Waals surface area (Å²) in [5.41, 5.74) is 13.3. The lowest BCUT2D eigenvalue weighted by molar-refractivity contribution is -0.129. The molecule has 4 rings (SSSR count). The van der Waals surface area contributed by atoms with Gasteiger partial charge in [-0.25, -0.2) is 0 Å². The molecule has 1 aliphatic carbocycles. The zero-order chi connectivity index (χ0) is 20.4. The van der Waals surface area contributed by atoms with Gasteiger partial charge in [-0.15, -0.1) is 11.8 Å². The number of benzene rings is 1. The lowest BCUT2D eigenvalue weighted by atomic mass is 9.88. The van der Waals surface area contributed by atoms with Crippen LogP contribution in [-0.2, 0) is 17.6 Å². The Balaban J connectivity index is 1.85. The monoisotopic (exact) mass is 427 g/mol. The van der Waals surface area contributed by atoms with Gasteiger partial charge in [0.25, 0.3) is 0 Å². The second-order valence-electron chi connectivity index (χ2n) is 7.56. The number of nitrogens with two attached hydrogens (primary N) is 1. The molecule has 1 aromatic heterocycles. The molecule has 1 fully saturated rings. The second kappa shape index (κ2) is 8.90. The van der Waals surface area contributed by atoms with E-state index in [2.05, 4.69) is 18.2 Å². The van der Waals surface area contributed by atoms with E-state index in [1.54, 1.807) is 6.92 Å². The molecular weight excluding hydrogens is 402 g/mol. The highest BCUT2D eigenvalue weighted by Gasteiger charge is 2.27. The van der Waals surface area contributed by atoms with Crippen molar-refractivity contribution in [3.8, 4) is 0 Å². The van der Waals surface area contributed by atoms with Crippen molar-refractivity contribution in [3.05, 3.63) is 63.4 Å². The largest absolute Gasteiger partial charge is 0.342 e. The van der Waals surface area contributed by atoms with Gasteiger partial charge in [0.1, 0.15) is 0 Å². The predicted octanol–water partition coefficient (Wildman–Crippen LogP) is 4.33. The molecule has 0 atom stereocenters. The maximum Gasteiger partial charge on any atom is 0.219 e. The number of aromatic nitrogens is 1.